The molecule has 0 aliphatic heterocycles. The molecule has 0 saturated heterocycles. The number of pyridine rings is 1. The van der Waals surface area contributed by atoms with Gasteiger partial charge in [0.05, 0.1) is 10.9 Å². The second-order valence-electron chi connectivity index (χ2n) is 7.67. The highest BCUT2D eigenvalue weighted by Crippen LogP contribution is 2.30. The van der Waals surface area contributed by atoms with Gasteiger partial charge in [0.25, 0.3) is 0 Å². The van der Waals surface area contributed by atoms with Crippen molar-refractivity contribution >= 4 is 22.1 Å². The number of anilines is 1. The fourth-order valence-corrected chi connectivity index (χ4v) is 5.17. The van der Waals surface area contributed by atoms with Gasteiger partial charge in [0, 0.05) is 29.6 Å². The zero-order valence-electron chi connectivity index (χ0n) is 17.4. The molecule has 1 aromatic carbocycles. The molecule has 1 aliphatic carbocycles. The number of aryl methyl sites for hydroxylation is 1. The molecule has 1 saturated carbocycles. The maximum atomic E-state index is 13.0. The van der Waals surface area contributed by atoms with Crippen LogP contribution in [0.2, 0.25) is 0 Å². The minimum Gasteiger partial charge on any atom is -0.383 e. The highest BCUT2D eigenvalue weighted by atomic mass is 32.2. The molecule has 0 radical (unpaired) electrons. The summed E-state index contributed by atoms with van der Waals surface area (Å²) in [6.07, 6.45) is 7.90. The van der Waals surface area contributed by atoms with E-state index in [1.54, 1.807) is 31.4 Å². The molecule has 162 valence electrons. The summed E-state index contributed by atoms with van der Waals surface area (Å²) in [6, 6.07) is 6.51. The van der Waals surface area contributed by atoms with E-state index in [-0.39, 0.29) is 10.9 Å². The maximum Gasteiger partial charge on any atom is 0.240 e. The van der Waals surface area contributed by atoms with E-state index in [9.17, 15) is 8.42 Å². The lowest BCUT2D eigenvalue weighted by Gasteiger charge is -2.23. The van der Waals surface area contributed by atoms with Gasteiger partial charge >= 0.3 is 0 Å². The van der Waals surface area contributed by atoms with Crippen molar-refractivity contribution in [3.8, 4) is 11.1 Å². The Balaban J connectivity index is 1.96. The van der Waals surface area contributed by atoms with E-state index in [0.717, 1.165) is 42.4 Å². The number of hydrogen-bond acceptors (Lipinski definition) is 7. The first-order chi connectivity index (χ1) is 14.4. The van der Waals surface area contributed by atoms with Crippen molar-refractivity contribution in [1.82, 2.24) is 20.6 Å². The lowest BCUT2D eigenvalue weighted by molar-refractivity contribution is 0.412. The number of rotatable bonds is 8. The third kappa shape index (κ3) is 5.04. The van der Waals surface area contributed by atoms with Gasteiger partial charge in [-0.05, 0) is 56.1 Å². The van der Waals surface area contributed by atoms with Gasteiger partial charge in [-0.1, -0.05) is 25.3 Å². The Morgan fingerprint density at radius 1 is 1.23 bits per heavy atom. The van der Waals surface area contributed by atoms with Crippen molar-refractivity contribution in [2.24, 2.45) is 0 Å². The SMILES string of the molecule is CNNC(C=N)c1cc(-c2cc(S(=O)(=O)NC3CCCCC3)ccc2C)cnc1N. The molecule has 8 nitrogen and oxygen atoms in total. The number of nitrogens with one attached hydrogen (secondary N) is 4. The van der Waals surface area contributed by atoms with Crippen LogP contribution in [0.5, 0.6) is 0 Å². The molecule has 1 heterocycles. The van der Waals surface area contributed by atoms with Crippen molar-refractivity contribution in [3.05, 3.63) is 41.6 Å². The van der Waals surface area contributed by atoms with Gasteiger partial charge in [-0.2, -0.15) is 0 Å². The Morgan fingerprint density at radius 3 is 2.63 bits per heavy atom. The van der Waals surface area contributed by atoms with Crippen LogP contribution < -0.4 is 21.3 Å². The summed E-state index contributed by atoms with van der Waals surface area (Å²) in [7, 11) is -1.90. The van der Waals surface area contributed by atoms with Crippen molar-refractivity contribution in [3.63, 3.8) is 0 Å². The number of benzene rings is 1. The Kier molecular flexibility index (Phi) is 7.19. The molecule has 2 aromatic rings. The van der Waals surface area contributed by atoms with Gasteiger partial charge in [-0.25, -0.2) is 23.5 Å². The largest absolute Gasteiger partial charge is 0.383 e. The molecule has 1 unspecified atom stereocenters. The number of nitrogens with two attached hydrogens (primary N) is 1. The number of hydrogen-bond donors (Lipinski definition) is 5. The summed E-state index contributed by atoms with van der Waals surface area (Å²) < 4.78 is 28.8. The second-order valence-corrected chi connectivity index (χ2v) is 9.38. The van der Waals surface area contributed by atoms with Crippen LogP contribution in [0, 0.1) is 12.3 Å². The fourth-order valence-electron chi connectivity index (χ4n) is 3.84. The number of aromatic nitrogens is 1. The van der Waals surface area contributed by atoms with Crippen molar-refractivity contribution in [2.75, 3.05) is 12.8 Å². The van der Waals surface area contributed by atoms with Crippen molar-refractivity contribution in [2.45, 2.75) is 56.0 Å². The summed E-state index contributed by atoms with van der Waals surface area (Å²) in [6.45, 7) is 1.93. The molecule has 30 heavy (non-hydrogen) atoms. The second kappa shape index (κ2) is 9.65. The normalized spacial score (nSPS) is 16.3. The van der Waals surface area contributed by atoms with E-state index in [2.05, 4.69) is 20.6 Å². The van der Waals surface area contributed by atoms with Crippen LogP contribution >= 0.6 is 0 Å². The summed E-state index contributed by atoms with van der Waals surface area (Å²) in [4.78, 5) is 4.51. The standard InChI is InChI=1S/C21H30N6O2S/c1-14-8-9-17(30(28,29)27-16-6-4-3-5-7-16)11-18(14)15-10-19(21(23)25-13-15)20(12-22)26-24-2/h8-13,16,20,22,24,26-27H,3-7H2,1-2H3,(H2,23,25). The van der Waals surface area contributed by atoms with E-state index < -0.39 is 16.1 Å². The Morgan fingerprint density at radius 2 is 1.97 bits per heavy atom. The van der Waals surface area contributed by atoms with Gasteiger partial charge in [0.2, 0.25) is 10.0 Å². The van der Waals surface area contributed by atoms with Crippen LogP contribution in [-0.4, -0.2) is 32.7 Å². The van der Waals surface area contributed by atoms with Gasteiger partial charge in [-0.15, -0.1) is 0 Å². The topological polar surface area (TPSA) is 133 Å². The molecule has 1 fully saturated rings. The fraction of sp³-hybridized carbons (Fsp3) is 0.429. The minimum atomic E-state index is -3.61. The summed E-state index contributed by atoms with van der Waals surface area (Å²) in [5, 5.41) is 7.65. The maximum absolute atomic E-state index is 13.0. The monoisotopic (exact) mass is 430 g/mol. The summed E-state index contributed by atoms with van der Waals surface area (Å²) in [5.41, 5.74) is 14.9. The zero-order valence-corrected chi connectivity index (χ0v) is 18.2. The van der Waals surface area contributed by atoms with E-state index in [1.165, 1.54) is 12.6 Å². The molecular weight excluding hydrogens is 400 g/mol. The Hall–Kier alpha value is -2.33. The lowest BCUT2D eigenvalue weighted by Crippen LogP contribution is -2.36. The van der Waals surface area contributed by atoms with Crippen LogP contribution in [0.3, 0.4) is 0 Å². The third-order valence-electron chi connectivity index (χ3n) is 5.51. The Bertz CT molecular complexity index is 1000. The molecular formula is C21H30N6O2S. The van der Waals surface area contributed by atoms with Crippen molar-refractivity contribution in [1.29, 1.82) is 5.41 Å². The third-order valence-corrected chi connectivity index (χ3v) is 7.03. The van der Waals surface area contributed by atoms with E-state index in [4.69, 9.17) is 11.1 Å². The quantitative estimate of drug-likeness (QED) is 0.323. The minimum absolute atomic E-state index is 0.000682. The van der Waals surface area contributed by atoms with Gasteiger partial charge in [-0.3, -0.25) is 5.43 Å². The molecule has 0 spiro atoms. The van der Waals surface area contributed by atoms with Crippen LogP contribution in [-0.2, 0) is 10.0 Å². The first kappa shape index (κ1) is 22.4. The Labute approximate surface area is 178 Å². The van der Waals surface area contributed by atoms with E-state index in [0.29, 0.717) is 11.4 Å². The molecule has 1 atom stereocenters. The molecule has 3 rings (SSSR count). The summed E-state index contributed by atoms with van der Waals surface area (Å²) >= 11 is 0. The van der Waals surface area contributed by atoms with Crippen LogP contribution in [0.1, 0.15) is 49.3 Å². The van der Waals surface area contributed by atoms with Gasteiger partial charge in [0.15, 0.2) is 0 Å². The first-order valence-electron chi connectivity index (χ1n) is 10.2. The lowest BCUT2D eigenvalue weighted by atomic mass is 9.96. The molecule has 0 amide bonds. The number of sulfonamides is 1. The predicted molar refractivity (Wildman–Crippen MR) is 120 cm³/mol. The zero-order chi connectivity index (χ0) is 21.7. The van der Waals surface area contributed by atoms with Gasteiger partial charge in [0.1, 0.15) is 5.82 Å². The van der Waals surface area contributed by atoms with E-state index >= 15 is 0 Å². The average Bonchev–Trinajstić information content (AvgIpc) is 2.73. The average molecular weight is 431 g/mol. The molecule has 0 bridgehead atoms. The van der Waals surface area contributed by atoms with E-state index in [1.807, 2.05) is 13.0 Å². The highest BCUT2D eigenvalue weighted by molar-refractivity contribution is 7.89. The van der Waals surface area contributed by atoms with Gasteiger partial charge < -0.3 is 11.1 Å². The number of nitrogens with zero attached hydrogens (tertiary/aromatic N) is 1. The number of hydrazine groups is 1. The van der Waals surface area contributed by atoms with Crippen molar-refractivity contribution < 1.29 is 8.42 Å². The summed E-state index contributed by atoms with van der Waals surface area (Å²) in [5.74, 6) is 0.315. The predicted octanol–water partition coefficient (Wildman–Crippen LogP) is 2.66. The van der Waals surface area contributed by atoms with Crippen LogP contribution in [0.25, 0.3) is 11.1 Å². The molecule has 6 N–H and O–H groups in total. The number of nitrogen functional groups attached to an aromatic ring is 1. The first-order valence-corrected chi connectivity index (χ1v) is 11.7. The van der Waals surface area contributed by atoms with Crippen LogP contribution in [0.15, 0.2) is 35.4 Å². The van der Waals surface area contributed by atoms with Crippen LogP contribution in [0.4, 0.5) is 5.82 Å². The molecule has 1 aromatic heterocycles. The smallest absolute Gasteiger partial charge is 0.240 e. The molecule has 9 heteroatoms. The highest BCUT2D eigenvalue weighted by Gasteiger charge is 2.23. The molecule has 1 aliphatic rings.